The van der Waals surface area contributed by atoms with Crippen molar-refractivity contribution in [3.05, 3.63) is 65.4 Å². The molecular formula is C23H20F3N5O5. The molecule has 13 heteroatoms. The van der Waals surface area contributed by atoms with Gasteiger partial charge in [0.05, 0.1) is 13.2 Å². The number of nitrogens with one attached hydrogen (secondary N) is 3. The van der Waals surface area contributed by atoms with Gasteiger partial charge in [0.25, 0.3) is 11.8 Å². The number of benzene rings is 2. The molecule has 0 radical (unpaired) electrons. The van der Waals surface area contributed by atoms with Gasteiger partial charge in [-0.2, -0.15) is 18.3 Å². The van der Waals surface area contributed by atoms with E-state index in [-0.39, 0.29) is 30.3 Å². The van der Waals surface area contributed by atoms with E-state index in [2.05, 4.69) is 21.3 Å². The number of nitrogens with zero attached hydrogens (tertiary/aromatic N) is 2. The first-order valence-corrected chi connectivity index (χ1v) is 10.8. The summed E-state index contributed by atoms with van der Waals surface area (Å²) in [6.07, 6.45) is -4.97. The molecule has 2 unspecified atom stereocenters. The van der Waals surface area contributed by atoms with Crippen LogP contribution in [0, 0.1) is 0 Å². The maximum atomic E-state index is 13.9. The fourth-order valence-corrected chi connectivity index (χ4v) is 4.03. The third-order valence-electron chi connectivity index (χ3n) is 5.86. The Hall–Kier alpha value is -4.42. The van der Waals surface area contributed by atoms with E-state index in [0.717, 1.165) is 4.68 Å². The van der Waals surface area contributed by atoms with Crippen molar-refractivity contribution in [1.29, 1.82) is 0 Å². The number of methoxy groups -OCH3 is 1. The van der Waals surface area contributed by atoms with E-state index in [9.17, 15) is 22.8 Å². The van der Waals surface area contributed by atoms with Gasteiger partial charge in [-0.3, -0.25) is 20.4 Å². The quantitative estimate of drug-likeness (QED) is 0.468. The number of halogens is 3. The minimum Gasteiger partial charge on any atom is -0.497 e. The average molecular weight is 503 g/mol. The van der Waals surface area contributed by atoms with Crippen LogP contribution in [0.15, 0.2) is 48.5 Å². The van der Waals surface area contributed by atoms with Gasteiger partial charge in [0, 0.05) is 18.1 Å². The van der Waals surface area contributed by atoms with Crippen molar-refractivity contribution in [2.75, 3.05) is 19.2 Å². The number of fused-ring (bicyclic) bond motifs is 2. The summed E-state index contributed by atoms with van der Waals surface area (Å²) in [7, 11) is 1.48. The Morgan fingerprint density at radius 2 is 1.78 bits per heavy atom. The summed E-state index contributed by atoms with van der Waals surface area (Å²) in [5.41, 5.74) is 4.90. The zero-order chi connectivity index (χ0) is 25.4. The average Bonchev–Trinajstić information content (AvgIpc) is 3.52. The summed E-state index contributed by atoms with van der Waals surface area (Å²) in [5.74, 6) is 0.0281. The molecule has 5 rings (SSSR count). The van der Waals surface area contributed by atoms with Crippen LogP contribution in [0.5, 0.6) is 17.2 Å². The smallest absolute Gasteiger partial charge is 0.410 e. The standard InChI is InChI=1S/C23H20F3N5O5/c1-34-14-5-2-12(3-6-14)21(32)28-29-22(33)16-10-20-27-15(9-19(23(24,25)26)31(20)30-16)13-4-7-17-18(8-13)36-11-35-17/h2-8,10,15,19,27H,9,11H2,1H3,(H,28,32)(H,29,33). The summed E-state index contributed by atoms with van der Waals surface area (Å²) in [6, 6.07) is 9.55. The van der Waals surface area contributed by atoms with E-state index in [4.69, 9.17) is 14.2 Å². The largest absolute Gasteiger partial charge is 0.497 e. The van der Waals surface area contributed by atoms with Crippen molar-refractivity contribution < 1.29 is 37.0 Å². The number of anilines is 1. The normalized spacial score (nSPS) is 18.1. The molecular weight excluding hydrogens is 483 g/mol. The SMILES string of the molecule is COc1ccc(C(=O)NNC(=O)c2cc3n(n2)C(C(F)(F)F)CC(c2ccc4c(c2)OCO4)N3)cc1. The van der Waals surface area contributed by atoms with Gasteiger partial charge in [0.1, 0.15) is 11.6 Å². The molecule has 1 aromatic heterocycles. The van der Waals surface area contributed by atoms with Crippen LogP contribution in [0.25, 0.3) is 0 Å². The molecule has 2 atom stereocenters. The summed E-state index contributed by atoms with van der Waals surface area (Å²) in [6.45, 7) is 0.0440. The zero-order valence-corrected chi connectivity index (χ0v) is 18.8. The molecule has 3 aromatic rings. The summed E-state index contributed by atoms with van der Waals surface area (Å²) < 4.78 is 58.2. The zero-order valence-electron chi connectivity index (χ0n) is 18.8. The van der Waals surface area contributed by atoms with Crippen LogP contribution in [0.4, 0.5) is 19.0 Å². The third kappa shape index (κ3) is 4.46. The molecule has 0 bridgehead atoms. The Kier molecular flexibility index (Phi) is 5.82. The van der Waals surface area contributed by atoms with Gasteiger partial charge >= 0.3 is 6.18 Å². The first-order chi connectivity index (χ1) is 17.2. The summed E-state index contributed by atoms with van der Waals surface area (Å²) in [5, 5.41) is 6.88. The number of aromatic nitrogens is 2. The number of hydrogen-bond donors (Lipinski definition) is 3. The third-order valence-corrected chi connectivity index (χ3v) is 5.86. The topological polar surface area (TPSA) is 116 Å². The van der Waals surface area contributed by atoms with Gasteiger partial charge in [-0.1, -0.05) is 6.07 Å². The number of rotatable bonds is 4. The fourth-order valence-electron chi connectivity index (χ4n) is 4.03. The van der Waals surface area contributed by atoms with E-state index < -0.39 is 30.1 Å². The van der Waals surface area contributed by atoms with E-state index >= 15 is 0 Å². The Morgan fingerprint density at radius 3 is 2.50 bits per heavy atom. The highest BCUT2D eigenvalue weighted by Crippen LogP contribution is 2.45. The van der Waals surface area contributed by atoms with E-state index in [0.29, 0.717) is 22.8 Å². The van der Waals surface area contributed by atoms with Crippen LogP contribution in [0.1, 0.15) is 44.9 Å². The molecule has 2 aliphatic heterocycles. The molecule has 0 fully saturated rings. The molecule has 10 nitrogen and oxygen atoms in total. The van der Waals surface area contributed by atoms with E-state index in [1.807, 2.05) is 0 Å². The summed E-state index contributed by atoms with van der Waals surface area (Å²) >= 11 is 0. The number of ether oxygens (including phenoxy) is 3. The molecule has 2 aliphatic rings. The second-order valence-corrected chi connectivity index (χ2v) is 8.10. The molecule has 3 N–H and O–H groups in total. The lowest BCUT2D eigenvalue weighted by atomic mass is 9.96. The highest BCUT2D eigenvalue weighted by molar-refractivity contribution is 5.98. The molecule has 3 heterocycles. The van der Waals surface area contributed by atoms with Gasteiger partial charge in [-0.25, -0.2) is 4.68 Å². The fraction of sp³-hybridized carbons (Fsp3) is 0.261. The van der Waals surface area contributed by atoms with Crippen molar-refractivity contribution in [3.8, 4) is 17.2 Å². The lowest BCUT2D eigenvalue weighted by Gasteiger charge is -2.33. The van der Waals surface area contributed by atoms with Gasteiger partial charge < -0.3 is 19.5 Å². The maximum absolute atomic E-state index is 13.9. The second-order valence-electron chi connectivity index (χ2n) is 8.10. The molecule has 0 aliphatic carbocycles. The molecule has 0 spiro atoms. The molecule has 0 saturated carbocycles. The van der Waals surface area contributed by atoms with Crippen molar-refractivity contribution in [1.82, 2.24) is 20.6 Å². The summed E-state index contributed by atoms with van der Waals surface area (Å²) in [4.78, 5) is 24.8. The Labute approximate surface area is 202 Å². The van der Waals surface area contributed by atoms with Crippen LogP contribution >= 0.6 is 0 Å². The number of alkyl halides is 3. The van der Waals surface area contributed by atoms with Crippen LogP contribution in [-0.4, -0.2) is 41.7 Å². The highest BCUT2D eigenvalue weighted by Gasteiger charge is 2.47. The first-order valence-electron chi connectivity index (χ1n) is 10.8. The second kappa shape index (κ2) is 8.98. The van der Waals surface area contributed by atoms with Crippen LogP contribution in [0.2, 0.25) is 0 Å². The van der Waals surface area contributed by atoms with E-state index in [1.54, 1.807) is 30.3 Å². The predicted molar refractivity (Wildman–Crippen MR) is 119 cm³/mol. The van der Waals surface area contributed by atoms with Crippen molar-refractivity contribution in [2.45, 2.75) is 24.7 Å². The Bertz CT molecular complexity index is 1310. The predicted octanol–water partition coefficient (Wildman–Crippen LogP) is 3.36. The number of hydrazine groups is 1. The van der Waals surface area contributed by atoms with Crippen LogP contribution in [0.3, 0.4) is 0 Å². The van der Waals surface area contributed by atoms with Crippen molar-refractivity contribution in [3.63, 3.8) is 0 Å². The lowest BCUT2D eigenvalue weighted by Crippen LogP contribution is -2.42. The first kappa shape index (κ1) is 23.3. The molecule has 36 heavy (non-hydrogen) atoms. The van der Waals surface area contributed by atoms with Crippen LogP contribution in [-0.2, 0) is 0 Å². The Balaban J connectivity index is 1.33. The maximum Gasteiger partial charge on any atom is 0.410 e. The van der Waals surface area contributed by atoms with Crippen LogP contribution < -0.4 is 30.4 Å². The van der Waals surface area contributed by atoms with E-state index in [1.165, 1.54) is 25.3 Å². The van der Waals surface area contributed by atoms with Gasteiger partial charge in [0.2, 0.25) is 6.79 Å². The lowest BCUT2D eigenvalue weighted by molar-refractivity contribution is -0.173. The van der Waals surface area contributed by atoms with Crippen molar-refractivity contribution in [2.24, 2.45) is 0 Å². The minimum absolute atomic E-state index is 0.0119. The number of hydrogen-bond acceptors (Lipinski definition) is 7. The number of carbonyl (C=O) groups excluding carboxylic acids is 2. The number of carbonyl (C=O) groups is 2. The van der Waals surface area contributed by atoms with Crippen molar-refractivity contribution >= 4 is 17.6 Å². The van der Waals surface area contributed by atoms with Gasteiger partial charge in [-0.15, -0.1) is 0 Å². The van der Waals surface area contributed by atoms with Gasteiger partial charge in [-0.05, 0) is 42.0 Å². The molecule has 2 aromatic carbocycles. The van der Waals surface area contributed by atoms with Gasteiger partial charge in [0.15, 0.2) is 23.2 Å². The highest BCUT2D eigenvalue weighted by atomic mass is 19.4. The number of amides is 2. The molecule has 188 valence electrons. The Morgan fingerprint density at radius 1 is 1.06 bits per heavy atom. The monoisotopic (exact) mass is 503 g/mol. The molecule has 2 amide bonds. The minimum atomic E-state index is -4.62. The molecule has 0 saturated heterocycles.